The molecular formula is C13H17N3O3. The van der Waals surface area contributed by atoms with Crippen molar-refractivity contribution in [1.29, 1.82) is 0 Å². The molecule has 0 atom stereocenters. The first-order valence-corrected chi connectivity index (χ1v) is 6.37. The van der Waals surface area contributed by atoms with E-state index in [4.69, 9.17) is 4.74 Å². The Morgan fingerprint density at radius 2 is 2.26 bits per heavy atom. The van der Waals surface area contributed by atoms with E-state index in [9.17, 15) is 9.90 Å². The molecule has 0 aliphatic rings. The van der Waals surface area contributed by atoms with Crippen LogP contribution in [0.5, 0.6) is 0 Å². The highest BCUT2D eigenvalue weighted by Gasteiger charge is 2.14. The molecule has 0 radical (unpaired) electrons. The van der Waals surface area contributed by atoms with Crippen molar-refractivity contribution in [2.75, 3.05) is 13.2 Å². The van der Waals surface area contributed by atoms with Crippen LogP contribution in [0.3, 0.4) is 0 Å². The van der Waals surface area contributed by atoms with E-state index in [1.807, 2.05) is 0 Å². The van der Waals surface area contributed by atoms with Crippen molar-refractivity contribution in [1.82, 2.24) is 15.0 Å². The predicted octanol–water partition coefficient (Wildman–Crippen LogP) is 1.95. The summed E-state index contributed by atoms with van der Waals surface area (Å²) in [5.74, 6) is -0.962. The number of nitrogens with zero attached hydrogens (tertiary/aromatic N) is 3. The van der Waals surface area contributed by atoms with Gasteiger partial charge in [-0.15, -0.1) is 5.10 Å². The summed E-state index contributed by atoms with van der Waals surface area (Å²) >= 11 is 0. The van der Waals surface area contributed by atoms with Gasteiger partial charge in [0.05, 0.1) is 5.56 Å². The number of aryl methyl sites for hydroxylation is 1. The summed E-state index contributed by atoms with van der Waals surface area (Å²) in [5.41, 5.74) is 1.41. The quantitative estimate of drug-likeness (QED) is 0.772. The number of benzene rings is 1. The molecule has 102 valence electrons. The molecule has 1 aromatic carbocycles. The van der Waals surface area contributed by atoms with Crippen LogP contribution >= 0.6 is 0 Å². The maximum absolute atomic E-state index is 11.2. The van der Waals surface area contributed by atoms with Crippen molar-refractivity contribution in [2.45, 2.75) is 26.3 Å². The Kier molecular flexibility index (Phi) is 4.46. The maximum Gasteiger partial charge on any atom is 0.337 e. The predicted molar refractivity (Wildman–Crippen MR) is 70.2 cm³/mol. The van der Waals surface area contributed by atoms with Gasteiger partial charge in [0.25, 0.3) is 0 Å². The van der Waals surface area contributed by atoms with Gasteiger partial charge in [0, 0.05) is 19.8 Å². The molecule has 2 rings (SSSR count). The van der Waals surface area contributed by atoms with E-state index in [-0.39, 0.29) is 5.56 Å². The van der Waals surface area contributed by atoms with Crippen LogP contribution in [0, 0.1) is 0 Å². The molecule has 1 N–H and O–H groups in total. The summed E-state index contributed by atoms with van der Waals surface area (Å²) in [5, 5.41) is 17.2. The molecule has 0 aliphatic carbocycles. The largest absolute Gasteiger partial charge is 0.478 e. The lowest BCUT2D eigenvalue weighted by molar-refractivity contribution is 0.0698. The second-order valence-electron chi connectivity index (χ2n) is 4.26. The number of para-hydroxylation sites is 1. The zero-order chi connectivity index (χ0) is 13.7. The van der Waals surface area contributed by atoms with Crippen molar-refractivity contribution >= 4 is 17.0 Å². The summed E-state index contributed by atoms with van der Waals surface area (Å²) in [6, 6.07) is 5.01. The van der Waals surface area contributed by atoms with E-state index in [1.165, 1.54) is 0 Å². The molecule has 0 amide bonds. The van der Waals surface area contributed by atoms with Gasteiger partial charge in [-0.3, -0.25) is 0 Å². The van der Waals surface area contributed by atoms with Crippen LogP contribution in [0.25, 0.3) is 11.0 Å². The van der Waals surface area contributed by atoms with Gasteiger partial charge in [0.2, 0.25) is 0 Å². The van der Waals surface area contributed by atoms with Crippen LogP contribution < -0.4 is 0 Å². The summed E-state index contributed by atoms with van der Waals surface area (Å²) in [6.07, 6.45) is 1.78. The molecule has 19 heavy (non-hydrogen) atoms. The first-order valence-electron chi connectivity index (χ1n) is 6.37. The van der Waals surface area contributed by atoms with Crippen LogP contribution in [0.15, 0.2) is 18.2 Å². The Labute approximate surface area is 111 Å². The first kappa shape index (κ1) is 13.5. The molecule has 0 saturated carbocycles. The zero-order valence-corrected chi connectivity index (χ0v) is 10.9. The number of fused-ring (bicyclic) bond motifs is 1. The van der Waals surface area contributed by atoms with Crippen molar-refractivity contribution in [3.05, 3.63) is 23.8 Å². The summed E-state index contributed by atoms with van der Waals surface area (Å²) in [4.78, 5) is 11.2. The molecule has 2 aromatic rings. The van der Waals surface area contributed by atoms with Gasteiger partial charge in [-0.25, -0.2) is 9.48 Å². The molecule has 6 nitrogen and oxygen atoms in total. The number of rotatable bonds is 7. The molecule has 6 heteroatoms. The molecular weight excluding hydrogens is 246 g/mol. The average molecular weight is 263 g/mol. The second kappa shape index (κ2) is 6.29. The normalized spacial score (nSPS) is 11.0. The van der Waals surface area contributed by atoms with Crippen LogP contribution in [-0.2, 0) is 11.3 Å². The minimum absolute atomic E-state index is 0.233. The molecule has 0 unspecified atom stereocenters. The fourth-order valence-electron chi connectivity index (χ4n) is 1.92. The maximum atomic E-state index is 11.2. The Balaban J connectivity index is 2.12. The van der Waals surface area contributed by atoms with Gasteiger partial charge in [0.15, 0.2) is 0 Å². The highest BCUT2D eigenvalue weighted by atomic mass is 16.5. The van der Waals surface area contributed by atoms with Crippen molar-refractivity contribution < 1.29 is 14.6 Å². The smallest absolute Gasteiger partial charge is 0.337 e. The Bertz CT molecular complexity index is 565. The van der Waals surface area contributed by atoms with Gasteiger partial charge in [-0.05, 0) is 25.0 Å². The van der Waals surface area contributed by atoms with Crippen LogP contribution in [0.4, 0.5) is 0 Å². The highest BCUT2D eigenvalue weighted by molar-refractivity contribution is 6.00. The molecule has 0 aliphatic heterocycles. The Hall–Kier alpha value is -1.95. The lowest BCUT2D eigenvalue weighted by Crippen LogP contribution is -2.07. The number of hydrogen-bond acceptors (Lipinski definition) is 4. The molecule has 1 aromatic heterocycles. The number of aromatic carboxylic acids is 1. The third-order valence-corrected chi connectivity index (χ3v) is 2.77. The minimum Gasteiger partial charge on any atom is -0.478 e. The van der Waals surface area contributed by atoms with E-state index in [2.05, 4.69) is 17.2 Å². The van der Waals surface area contributed by atoms with Gasteiger partial charge < -0.3 is 9.84 Å². The van der Waals surface area contributed by atoms with E-state index in [0.717, 1.165) is 19.4 Å². The Morgan fingerprint density at radius 3 is 3.00 bits per heavy atom. The van der Waals surface area contributed by atoms with Crippen LogP contribution in [0.1, 0.15) is 30.1 Å². The summed E-state index contributed by atoms with van der Waals surface area (Å²) < 4.78 is 7.03. The number of carbonyl (C=O) groups is 1. The standard InChI is InChI=1S/C13H17N3O3/c1-2-8-19-9-4-7-16-12-10(13(17)18)5-3-6-11(12)14-15-16/h3,5-6H,2,4,7-9H2,1H3,(H,17,18). The monoisotopic (exact) mass is 263 g/mol. The number of aromatic nitrogens is 3. The fraction of sp³-hybridized carbons (Fsp3) is 0.462. The molecule has 0 fully saturated rings. The van der Waals surface area contributed by atoms with Gasteiger partial charge in [0.1, 0.15) is 11.0 Å². The van der Waals surface area contributed by atoms with Gasteiger partial charge >= 0.3 is 5.97 Å². The summed E-state index contributed by atoms with van der Waals surface area (Å²) in [7, 11) is 0. The highest BCUT2D eigenvalue weighted by Crippen LogP contribution is 2.16. The SMILES string of the molecule is CCCOCCCn1nnc2cccc(C(=O)O)c21. The molecule has 0 spiro atoms. The van der Waals surface area contributed by atoms with E-state index < -0.39 is 5.97 Å². The lowest BCUT2D eigenvalue weighted by Gasteiger charge is -2.05. The van der Waals surface area contributed by atoms with E-state index in [1.54, 1.807) is 22.9 Å². The third kappa shape index (κ3) is 3.08. The average Bonchev–Trinajstić information content (AvgIpc) is 2.81. The molecule has 0 bridgehead atoms. The zero-order valence-electron chi connectivity index (χ0n) is 10.9. The van der Waals surface area contributed by atoms with Gasteiger partial charge in [-0.1, -0.05) is 18.2 Å². The minimum atomic E-state index is -0.962. The van der Waals surface area contributed by atoms with Crippen LogP contribution in [0.2, 0.25) is 0 Å². The molecule has 1 heterocycles. The Morgan fingerprint density at radius 1 is 1.42 bits per heavy atom. The van der Waals surface area contributed by atoms with Crippen LogP contribution in [-0.4, -0.2) is 39.3 Å². The van der Waals surface area contributed by atoms with E-state index in [0.29, 0.717) is 24.2 Å². The third-order valence-electron chi connectivity index (χ3n) is 2.77. The van der Waals surface area contributed by atoms with Crippen molar-refractivity contribution in [3.63, 3.8) is 0 Å². The molecule has 0 saturated heterocycles. The number of hydrogen-bond donors (Lipinski definition) is 1. The topological polar surface area (TPSA) is 77.2 Å². The van der Waals surface area contributed by atoms with E-state index >= 15 is 0 Å². The summed E-state index contributed by atoms with van der Waals surface area (Å²) in [6.45, 7) is 4.05. The number of carboxylic acids is 1. The lowest BCUT2D eigenvalue weighted by atomic mass is 10.2. The second-order valence-corrected chi connectivity index (χ2v) is 4.26. The van der Waals surface area contributed by atoms with Crippen molar-refractivity contribution in [3.8, 4) is 0 Å². The fourth-order valence-corrected chi connectivity index (χ4v) is 1.92. The first-order chi connectivity index (χ1) is 9.24. The van der Waals surface area contributed by atoms with Gasteiger partial charge in [-0.2, -0.15) is 0 Å². The number of ether oxygens (including phenoxy) is 1. The van der Waals surface area contributed by atoms with Crippen molar-refractivity contribution in [2.24, 2.45) is 0 Å². The number of carboxylic acid groups (broad SMARTS) is 1.